The van der Waals surface area contributed by atoms with Gasteiger partial charge in [-0.15, -0.1) is 13.2 Å². The quantitative estimate of drug-likeness (QED) is 0.0584. The lowest BCUT2D eigenvalue weighted by atomic mass is 9.93. The highest BCUT2D eigenvalue weighted by Gasteiger charge is 2.73. The number of hydrogen-bond acceptors (Lipinski definition) is 10. The normalized spacial score (nSPS) is 14.1. The van der Waals surface area contributed by atoms with E-state index >= 15 is 0 Å². The van der Waals surface area contributed by atoms with E-state index in [1.807, 2.05) is 6.07 Å². The first-order chi connectivity index (χ1) is 26.3. The fourth-order valence-corrected chi connectivity index (χ4v) is 5.34. The lowest BCUT2D eigenvalue weighted by molar-refractivity contribution is -0.348. The number of hydrogen-bond donors (Lipinski definition) is 1. The fourth-order valence-electron chi connectivity index (χ4n) is 4.84. The Morgan fingerprint density at radius 1 is 0.895 bits per heavy atom. The maximum Gasteiger partial charge on any atom is 0.573 e. The van der Waals surface area contributed by atoms with Gasteiger partial charge in [0, 0.05) is 29.5 Å². The molecule has 0 aliphatic heterocycles. The third kappa shape index (κ3) is 9.98. The Balaban J connectivity index is 1.62. The summed E-state index contributed by atoms with van der Waals surface area (Å²) < 4.78 is 154. The minimum absolute atomic E-state index is 0.00628. The summed E-state index contributed by atoms with van der Waals surface area (Å²) in [5, 5.41) is 20.5. The van der Waals surface area contributed by atoms with Crippen LogP contribution in [0.15, 0.2) is 54.9 Å². The number of aliphatic carboxylic acids is 1. The summed E-state index contributed by atoms with van der Waals surface area (Å²) >= 11 is 12.2. The van der Waals surface area contributed by atoms with Crippen LogP contribution in [0, 0.1) is 11.3 Å². The highest BCUT2D eigenvalue weighted by Crippen LogP contribution is 2.55. The minimum Gasteiger partial charge on any atom is -0.478 e. The van der Waals surface area contributed by atoms with Gasteiger partial charge < -0.3 is 24.1 Å². The largest absolute Gasteiger partial charge is 0.573 e. The Morgan fingerprint density at radius 3 is 2.09 bits per heavy atom. The van der Waals surface area contributed by atoms with Gasteiger partial charge in [-0.1, -0.05) is 29.3 Å². The Bertz CT molecular complexity index is 2110. The number of aromatic nitrogens is 2. The first-order valence-electron chi connectivity index (χ1n) is 15.2. The van der Waals surface area contributed by atoms with Crippen LogP contribution in [0.1, 0.15) is 28.8 Å². The summed E-state index contributed by atoms with van der Waals surface area (Å²) in [5.41, 5.74) is -11.6. The number of rotatable bonds is 13. The van der Waals surface area contributed by atoms with E-state index in [1.165, 1.54) is 6.07 Å². The van der Waals surface area contributed by atoms with Gasteiger partial charge in [0.05, 0.1) is 27.9 Å². The average molecular weight is 865 g/mol. The molecule has 4 rings (SSSR count). The molecule has 0 bridgehead atoms. The molecule has 25 heteroatoms. The van der Waals surface area contributed by atoms with E-state index in [1.54, 1.807) is 0 Å². The molecular weight excluding hydrogens is 845 g/mol. The predicted octanol–water partition coefficient (Wildman–Crippen LogP) is 7.83. The van der Waals surface area contributed by atoms with Crippen LogP contribution in [0.4, 0.5) is 48.7 Å². The third-order valence-electron chi connectivity index (χ3n) is 7.69. The zero-order chi connectivity index (χ0) is 42.7. The number of carbonyl (C=O) groups is 4. The van der Waals surface area contributed by atoms with Crippen LogP contribution in [-0.2, 0) is 29.5 Å². The van der Waals surface area contributed by atoms with Gasteiger partial charge in [0.15, 0.2) is 12.5 Å². The minimum atomic E-state index is -6.71. The highest BCUT2D eigenvalue weighted by atomic mass is 35.5. The van der Waals surface area contributed by atoms with Crippen LogP contribution in [0.3, 0.4) is 0 Å². The van der Waals surface area contributed by atoms with Gasteiger partial charge in [-0.25, -0.2) is 23.5 Å². The van der Waals surface area contributed by atoms with Crippen LogP contribution >= 0.6 is 23.2 Å². The summed E-state index contributed by atoms with van der Waals surface area (Å²) in [6.45, 7) is -1.98. The molecule has 1 aliphatic carbocycles. The van der Waals surface area contributed by atoms with E-state index in [0.717, 1.165) is 29.4 Å². The van der Waals surface area contributed by atoms with Crippen LogP contribution in [0.25, 0.3) is 16.8 Å². The van der Waals surface area contributed by atoms with Crippen molar-refractivity contribution in [1.29, 1.82) is 5.26 Å². The summed E-state index contributed by atoms with van der Waals surface area (Å²) in [4.78, 5) is 48.6. The van der Waals surface area contributed by atoms with Crippen molar-refractivity contribution < 1.29 is 87.1 Å². The van der Waals surface area contributed by atoms with Crippen molar-refractivity contribution >= 4 is 47.2 Å². The van der Waals surface area contributed by atoms with Crippen molar-refractivity contribution in [2.75, 3.05) is 19.9 Å². The predicted molar refractivity (Wildman–Crippen MR) is 169 cm³/mol. The van der Waals surface area contributed by atoms with Crippen molar-refractivity contribution in [2.45, 2.75) is 42.8 Å². The molecular formula is C32H20Cl2F10N4O9. The molecule has 3 aromatic rings. The maximum atomic E-state index is 14.8. The molecule has 1 fully saturated rings. The molecule has 0 saturated heterocycles. The molecule has 2 aromatic carbocycles. The summed E-state index contributed by atoms with van der Waals surface area (Å²) in [5.74, 6) is -5.30. The lowest BCUT2D eigenvalue weighted by Crippen LogP contribution is -2.50. The molecule has 0 atom stereocenters. The molecule has 1 aliphatic rings. The van der Waals surface area contributed by atoms with Gasteiger partial charge >= 0.3 is 42.5 Å². The monoisotopic (exact) mass is 864 g/mol. The van der Waals surface area contributed by atoms with Crippen molar-refractivity contribution in [3.63, 3.8) is 0 Å². The zero-order valence-corrected chi connectivity index (χ0v) is 29.3. The molecule has 0 radical (unpaired) electrons. The molecule has 306 valence electrons. The molecule has 1 N–H and O–H groups in total. The van der Waals surface area contributed by atoms with E-state index < -0.39 is 102 Å². The first-order valence-corrected chi connectivity index (χ1v) is 16.0. The SMILES string of the molecule is N#CC1(N(COC(=O)OCCOC(=O)/C=C/C(=O)O)C(=O)c2cc(-c3cnn(-c4c(Cl)cc(C(F)(C(F)(F)F)C(F)(F)F)cc4OC(F)(F)F)c3)ccc2Cl)CC1. The van der Waals surface area contributed by atoms with Crippen molar-refractivity contribution in [3.8, 4) is 28.6 Å². The summed E-state index contributed by atoms with van der Waals surface area (Å²) in [7, 11) is 0. The standard InChI is InChI=1S/C32H20Cl2F10N4O9/c33-20-2-1-16(9-19(20)26(52)47(28(14-45)5-6-28)15-56-27(53)55-8-7-54-24(51)4-3-23(49)50)17-12-46-48(13-17)25-21(34)10-18(11-22(25)57-32(42,43)44)29(35,30(36,37)38)31(39,40)41/h1-4,9-13H,5-8,15H2,(H,49,50)/b4-3+. The number of benzene rings is 2. The third-order valence-corrected chi connectivity index (χ3v) is 8.31. The van der Waals surface area contributed by atoms with E-state index in [9.17, 15) is 68.3 Å². The Hall–Kier alpha value is -5.76. The van der Waals surface area contributed by atoms with Crippen LogP contribution in [0.2, 0.25) is 10.0 Å². The van der Waals surface area contributed by atoms with Gasteiger partial charge in [-0.05, 0) is 42.7 Å². The topological polar surface area (TPSA) is 170 Å². The van der Waals surface area contributed by atoms with Gasteiger partial charge in [0.2, 0.25) is 0 Å². The van der Waals surface area contributed by atoms with E-state index in [4.69, 9.17) is 37.8 Å². The molecule has 57 heavy (non-hydrogen) atoms. The number of halogens is 12. The van der Waals surface area contributed by atoms with E-state index in [2.05, 4.69) is 14.6 Å². The smallest absolute Gasteiger partial charge is 0.478 e. The molecule has 13 nitrogen and oxygen atoms in total. The second-order valence-electron chi connectivity index (χ2n) is 11.5. The number of alkyl halides is 10. The zero-order valence-electron chi connectivity index (χ0n) is 27.8. The fraction of sp³-hybridized carbons (Fsp3) is 0.312. The first kappa shape index (κ1) is 44.0. The van der Waals surface area contributed by atoms with Gasteiger partial charge in [-0.2, -0.15) is 36.7 Å². The van der Waals surface area contributed by atoms with E-state index in [-0.39, 0.29) is 40.6 Å². The number of carbonyl (C=O) groups excluding carboxylic acids is 3. The van der Waals surface area contributed by atoms with Crippen molar-refractivity contribution in [2.24, 2.45) is 0 Å². The van der Waals surface area contributed by atoms with Crippen LogP contribution in [-0.4, -0.2) is 88.0 Å². The highest BCUT2D eigenvalue weighted by molar-refractivity contribution is 6.34. The Kier molecular flexibility index (Phi) is 12.6. The average Bonchev–Trinajstić information content (AvgIpc) is 3.74. The molecule has 1 aromatic heterocycles. The maximum absolute atomic E-state index is 14.8. The number of nitrogens with zero attached hydrogens (tertiary/aromatic N) is 4. The van der Waals surface area contributed by atoms with Crippen LogP contribution < -0.4 is 4.74 Å². The lowest BCUT2D eigenvalue weighted by Gasteiger charge is -2.31. The number of ether oxygens (including phenoxy) is 4. The number of esters is 1. The van der Waals surface area contributed by atoms with Gasteiger partial charge in [-0.3, -0.25) is 9.69 Å². The number of amides is 1. The van der Waals surface area contributed by atoms with E-state index in [0.29, 0.717) is 16.8 Å². The van der Waals surface area contributed by atoms with Crippen LogP contribution in [0.5, 0.6) is 5.75 Å². The van der Waals surface area contributed by atoms with Gasteiger partial charge in [0.25, 0.3) is 5.91 Å². The Morgan fingerprint density at radius 2 is 1.53 bits per heavy atom. The number of carboxylic acids is 1. The number of carboxylic acid groups (broad SMARTS) is 1. The second-order valence-corrected chi connectivity index (χ2v) is 12.3. The van der Waals surface area contributed by atoms with Gasteiger partial charge in [0.1, 0.15) is 24.4 Å². The molecule has 1 amide bonds. The van der Waals surface area contributed by atoms with Crippen molar-refractivity contribution in [3.05, 3.63) is 76.0 Å². The molecule has 1 saturated carbocycles. The number of nitriles is 1. The molecule has 0 unspecified atom stereocenters. The Labute approximate surface area is 321 Å². The summed E-state index contributed by atoms with van der Waals surface area (Å²) in [6, 6.07) is 4.73. The van der Waals surface area contributed by atoms with Crippen molar-refractivity contribution in [1.82, 2.24) is 14.7 Å². The summed E-state index contributed by atoms with van der Waals surface area (Å²) in [6.07, 6.45) is -17.5. The molecule has 0 spiro atoms. The second kappa shape index (κ2) is 16.4. The molecule has 1 heterocycles.